The van der Waals surface area contributed by atoms with Gasteiger partial charge in [0.1, 0.15) is 5.82 Å². The first-order chi connectivity index (χ1) is 8.20. The molecular formula is C12H19N5. The molecule has 2 rings (SSSR count). The first-order valence-electron chi connectivity index (χ1n) is 5.96. The van der Waals surface area contributed by atoms with E-state index in [1.165, 1.54) is 0 Å². The summed E-state index contributed by atoms with van der Waals surface area (Å²) in [4.78, 5) is 0. The van der Waals surface area contributed by atoms with Gasteiger partial charge in [-0.3, -0.25) is 9.36 Å². The highest BCUT2D eigenvalue weighted by Crippen LogP contribution is 2.12. The Hall–Kier alpha value is -1.78. The molecule has 5 nitrogen and oxygen atoms in total. The van der Waals surface area contributed by atoms with Crippen molar-refractivity contribution >= 4 is 5.82 Å². The molecule has 0 aliphatic heterocycles. The molecule has 0 aliphatic rings. The molecule has 0 unspecified atom stereocenters. The summed E-state index contributed by atoms with van der Waals surface area (Å²) in [6.45, 7) is 5.07. The number of nitrogens with one attached hydrogen (secondary N) is 1. The van der Waals surface area contributed by atoms with Gasteiger partial charge in [-0.1, -0.05) is 6.92 Å². The van der Waals surface area contributed by atoms with E-state index in [0.717, 1.165) is 24.5 Å². The molecule has 0 saturated heterocycles. The third kappa shape index (κ3) is 2.67. The van der Waals surface area contributed by atoms with E-state index < -0.39 is 0 Å². The molecule has 17 heavy (non-hydrogen) atoms. The number of hydrogen-bond acceptors (Lipinski definition) is 3. The van der Waals surface area contributed by atoms with Gasteiger partial charge in [-0.2, -0.15) is 10.2 Å². The molecule has 2 heterocycles. The molecule has 0 aromatic carbocycles. The van der Waals surface area contributed by atoms with Crippen molar-refractivity contribution < 1.29 is 0 Å². The normalized spacial score (nSPS) is 12.6. The van der Waals surface area contributed by atoms with Gasteiger partial charge in [-0.15, -0.1) is 0 Å². The summed E-state index contributed by atoms with van der Waals surface area (Å²) in [5.74, 6) is 0.909. The van der Waals surface area contributed by atoms with Gasteiger partial charge in [0, 0.05) is 31.5 Å². The third-order valence-electron chi connectivity index (χ3n) is 3.02. The van der Waals surface area contributed by atoms with Crippen LogP contribution in [-0.2, 0) is 13.6 Å². The van der Waals surface area contributed by atoms with Crippen LogP contribution >= 0.6 is 0 Å². The molecule has 0 spiro atoms. The number of aromatic nitrogens is 4. The highest BCUT2D eigenvalue weighted by Gasteiger charge is 2.04. The van der Waals surface area contributed by atoms with Crippen LogP contribution < -0.4 is 5.32 Å². The summed E-state index contributed by atoms with van der Waals surface area (Å²) >= 11 is 0. The number of hydrogen-bond donors (Lipinski definition) is 1. The van der Waals surface area contributed by atoms with Crippen molar-refractivity contribution in [3.63, 3.8) is 0 Å². The lowest BCUT2D eigenvalue weighted by atomic mass is 10.3. The number of aryl methyl sites for hydroxylation is 1. The predicted octanol–water partition coefficient (Wildman–Crippen LogP) is 2.20. The van der Waals surface area contributed by atoms with E-state index in [0.29, 0.717) is 6.04 Å². The minimum Gasteiger partial charge on any atom is -0.363 e. The molecule has 5 heteroatoms. The lowest BCUT2D eigenvalue weighted by Crippen LogP contribution is -2.08. The second kappa shape index (κ2) is 5.03. The molecular weight excluding hydrogens is 214 g/mol. The summed E-state index contributed by atoms with van der Waals surface area (Å²) < 4.78 is 3.85. The van der Waals surface area contributed by atoms with E-state index in [2.05, 4.69) is 29.4 Å². The highest BCUT2D eigenvalue weighted by molar-refractivity contribution is 5.32. The Morgan fingerprint density at radius 1 is 1.41 bits per heavy atom. The average molecular weight is 233 g/mol. The van der Waals surface area contributed by atoms with Crippen LogP contribution in [0.25, 0.3) is 0 Å². The fourth-order valence-electron chi connectivity index (χ4n) is 1.62. The van der Waals surface area contributed by atoms with Crippen LogP contribution in [0, 0.1) is 0 Å². The minimum absolute atomic E-state index is 0.447. The number of nitrogens with zero attached hydrogens (tertiary/aromatic N) is 4. The molecule has 0 aliphatic carbocycles. The zero-order chi connectivity index (χ0) is 12.3. The van der Waals surface area contributed by atoms with Crippen LogP contribution in [-0.4, -0.2) is 19.6 Å². The van der Waals surface area contributed by atoms with Crippen molar-refractivity contribution in [2.45, 2.75) is 32.9 Å². The molecule has 0 bridgehead atoms. The van der Waals surface area contributed by atoms with Gasteiger partial charge in [0.25, 0.3) is 0 Å². The van der Waals surface area contributed by atoms with E-state index in [1.54, 1.807) is 6.20 Å². The second-order valence-electron chi connectivity index (χ2n) is 4.24. The van der Waals surface area contributed by atoms with E-state index >= 15 is 0 Å². The molecule has 1 atom stereocenters. The van der Waals surface area contributed by atoms with Crippen molar-refractivity contribution in [2.75, 3.05) is 5.32 Å². The van der Waals surface area contributed by atoms with Crippen molar-refractivity contribution in [1.82, 2.24) is 19.6 Å². The monoisotopic (exact) mass is 233 g/mol. The van der Waals surface area contributed by atoms with Crippen LogP contribution in [0.3, 0.4) is 0 Å². The van der Waals surface area contributed by atoms with Gasteiger partial charge in [0.05, 0.1) is 12.2 Å². The van der Waals surface area contributed by atoms with Gasteiger partial charge >= 0.3 is 0 Å². The fourth-order valence-corrected chi connectivity index (χ4v) is 1.62. The Morgan fingerprint density at radius 2 is 2.24 bits per heavy atom. The van der Waals surface area contributed by atoms with E-state index in [9.17, 15) is 0 Å². The quantitative estimate of drug-likeness (QED) is 0.861. The maximum absolute atomic E-state index is 4.49. The van der Waals surface area contributed by atoms with Gasteiger partial charge in [-0.05, 0) is 19.4 Å². The van der Waals surface area contributed by atoms with Crippen LogP contribution in [0.15, 0.2) is 24.5 Å². The second-order valence-corrected chi connectivity index (χ2v) is 4.24. The Kier molecular flexibility index (Phi) is 3.46. The van der Waals surface area contributed by atoms with Gasteiger partial charge in [-0.25, -0.2) is 0 Å². The zero-order valence-electron chi connectivity index (χ0n) is 10.6. The molecule has 2 aromatic heterocycles. The number of rotatable bonds is 5. The van der Waals surface area contributed by atoms with E-state index in [4.69, 9.17) is 0 Å². The maximum Gasteiger partial charge on any atom is 0.148 e. The van der Waals surface area contributed by atoms with Crippen molar-refractivity contribution in [3.05, 3.63) is 30.2 Å². The Labute approximate surface area is 101 Å². The lowest BCUT2D eigenvalue weighted by molar-refractivity contribution is 0.479. The van der Waals surface area contributed by atoms with Crippen LogP contribution in [0.5, 0.6) is 0 Å². The smallest absolute Gasteiger partial charge is 0.148 e. The van der Waals surface area contributed by atoms with E-state index in [1.807, 2.05) is 34.7 Å². The van der Waals surface area contributed by atoms with Gasteiger partial charge in [0.2, 0.25) is 0 Å². The van der Waals surface area contributed by atoms with E-state index in [-0.39, 0.29) is 0 Å². The van der Waals surface area contributed by atoms with Crippen LogP contribution in [0.1, 0.15) is 32.0 Å². The highest BCUT2D eigenvalue weighted by atomic mass is 15.3. The largest absolute Gasteiger partial charge is 0.363 e. The third-order valence-corrected chi connectivity index (χ3v) is 3.02. The molecule has 0 fully saturated rings. The maximum atomic E-state index is 4.49. The summed E-state index contributed by atoms with van der Waals surface area (Å²) in [5, 5.41) is 11.9. The van der Waals surface area contributed by atoms with Crippen LogP contribution in [0.2, 0.25) is 0 Å². The number of anilines is 1. The fraction of sp³-hybridized carbons (Fsp3) is 0.500. The summed E-state index contributed by atoms with van der Waals surface area (Å²) in [6.07, 6.45) is 4.90. The summed E-state index contributed by atoms with van der Waals surface area (Å²) in [5.41, 5.74) is 1.14. The zero-order valence-corrected chi connectivity index (χ0v) is 10.6. The topological polar surface area (TPSA) is 47.7 Å². The Bertz CT molecular complexity index is 471. The van der Waals surface area contributed by atoms with Crippen LogP contribution in [0.4, 0.5) is 5.82 Å². The van der Waals surface area contributed by atoms with Crippen molar-refractivity contribution in [3.8, 4) is 0 Å². The lowest BCUT2D eigenvalue weighted by Gasteiger charge is -2.08. The summed E-state index contributed by atoms with van der Waals surface area (Å²) in [7, 11) is 1.94. The molecule has 1 N–H and O–H groups in total. The van der Waals surface area contributed by atoms with Gasteiger partial charge < -0.3 is 5.32 Å². The first kappa shape index (κ1) is 11.7. The first-order valence-corrected chi connectivity index (χ1v) is 5.96. The predicted molar refractivity (Wildman–Crippen MR) is 67.8 cm³/mol. The average Bonchev–Trinajstić information content (AvgIpc) is 2.94. The SMILES string of the molecule is CC[C@@H](C)n1ccc(NCc2ccnn2C)n1. The minimum atomic E-state index is 0.447. The van der Waals surface area contributed by atoms with Crippen molar-refractivity contribution in [1.29, 1.82) is 0 Å². The molecule has 0 saturated carbocycles. The molecule has 2 aromatic rings. The summed E-state index contributed by atoms with van der Waals surface area (Å²) in [6, 6.07) is 4.45. The standard InChI is InChI=1S/C12H19N5/c1-4-10(2)17-8-6-12(15-17)13-9-11-5-7-14-16(11)3/h5-8,10H,4,9H2,1-3H3,(H,13,15)/t10-/m1/s1. The molecule has 0 radical (unpaired) electrons. The molecule has 0 amide bonds. The Balaban J connectivity index is 1.96. The molecule has 92 valence electrons. The van der Waals surface area contributed by atoms with Gasteiger partial charge in [0.15, 0.2) is 0 Å². The Morgan fingerprint density at radius 3 is 2.88 bits per heavy atom. The van der Waals surface area contributed by atoms with Crippen molar-refractivity contribution in [2.24, 2.45) is 7.05 Å².